The highest BCUT2D eigenvalue weighted by Crippen LogP contribution is 2.26. The summed E-state index contributed by atoms with van der Waals surface area (Å²) in [4.78, 5) is 7.08. The van der Waals surface area contributed by atoms with Gasteiger partial charge in [0.25, 0.3) is 0 Å². The van der Waals surface area contributed by atoms with E-state index in [2.05, 4.69) is 77.0 Å². The van der Waals surface area contributed by atoms with E-state index in [4.69, 9.17) is 0 Å². The fraction of sp³-hybridized carbons (Fsp3) is 1.00. The van der Waals surface area contributed by atoms with E-state index in [1.807, 2.05) is 0 Å². The quantitative estimate of drug-likeness (QED) is 0.477. The minimum atomic E-state index is -0.146. The zero-order chi connectivity index (χ0) is 25.4. The van der Waals surface area contributed by atoms with Crippen molar-refractivity contribution in [1.29, 1.82) is 0 Å². The summed E-state index contributed by atoms with van der Waals surface area (Å²) in [7, 11) is 0. The summed E-state index contributed by atoms with van der Waals surface area (Å²) in [6, 6.07) is 0. The summed E-state index contributed by atoms with van der Waals surface area (Å²) in [6.07, 6.45) is 3.11. The van der Waals surface area contributed by atoms with Crippen molar-refractivity contribution in [3.8, 4) is 0 Å². The molecule has 198 valence electrons. The molecule has 0 spiro atoms. The van der Waals surface area contributed by atoms with E-state index in [-0.39, 0.29) is 36.6 Å². The van der Waals surface area contributed by atoms with Gasteiger partial charge in [-0.25, -0.2) is 0 Å². The second-order valence-corrected chi connectivity index (χ2v) is 13.3. The summed E-state index contributed by atoms with van der Waals surface area (Å²) in [5.41, 5.74) is 0.678. The molecule has 3 nitrogen and oxygen atoms in total. The third-order valence-electron chi connectivity index (χ3n) is 7.36. The van der Waals surface area contributed by atoms with Crippen LogP contribution in [0.3, 0.4) is 0 Å². The third-order valence-corrected chi connectivity index (χ3v) is 7.36. The summed E-state index contributed by atoms with van der Waals surface area (Å²) in [5, 5.41) is 0. The standard InChI is InChI=1S/3C9H18FN/c3*1-9(2,3)11-5-4-8(6-10)7-11/h3*8H,4-7H2,1-3H3/t2*8-;/m10./s1. The second kappa shape index (κ2) is 13.1. The number of likely N-dealkylation sites (tertiary alicyclic amines) is 3. The van der Waals surface area contributed by atoms with Crippen LogP contribution in [0.4, 0.5) is 13.2 Å². The molecule has 6 heteroatoms. The zero-order valence-corrected chi connectivity index (χ0v) is 23.2. The Morgan fingerprint density at radius 2 is 0.697 bits per heavy atom. The summed E-state index contributed by atoms with van der Waals surface area (Å²) < 4.78 is 36.7. The highest BCUT2D eigenvalue weighted by atomic mass is 19.1. The van der Waals surface area contributed by atoms with Crippen molar-refractivity contribution in [3.05, 3.63) is 0 Å². The van der Waals surface area contributed by atoms with Gasteiger partial charge in [0.05, 0.1) is 20.0 Å². The van der Waals surface area contributed by atoms with Gasteiger partial charge in [-0.1, -0.05) is 0 Å². The third kappa shape index (κ3) is 10.9. The molecule has 0 aromatic heterocycles. The lowest BCUT2D eigenvalue weighted by Gasteiger charge is -2.31. The van der Waals surface area contributed by atoms with E-state index in [0.29, 0.717) is 17.8 Å². The minimum absolute atomic E-state index is 0.146. The topological polar surface area (TPSA) is 9.72 Å². The first-order valence-electron chi connectivity index (χ1n) is 13.0. The van der Waals surface area contributed by atoms with Gasteiger partial charge in [0.2, 0.25) is 0 Å². The summed E-state index contributed by atoms with van der Waals surface area (Å²) >= 11 is 0. The van der Waals surface area contributed by atoms with Gasteiger partial charge >= 0.3 is 0 Å². The van der Waals surface area contributed by atoms with E-state index in [1.165, 1.54) is 0 Å². The molecule has 0 radical (unpaired) electrons. The SMILES string of the molecule is CC(C)(C)N1CCC(CF)C1.CC(C)(C)N1CC[C@@H](CF)C1.CC(C)(C)N1CC[C@H](CF)C1. The molecule has 0 amide bonds. The molecule has 3 saturated heterocycles. The van der Waals surface area contributed by atoms with Gasteiger partial charge in [0, 0.05) is 54.0 Å². The molecule has 3 rings (SSSR count). The Morgan fingerprint density at radius 1 is 0.485 bits per heavy atom. The van der Waals surface area contributed by atoms with Gasteiger partial charge in [0.15, 0.2) is 0 Å². The molecular weight excluding hydrogens is 423 g/mol. The Labute approximate surface area is 203 Å². The van der Waals surface area contributed by atoms with Crippen LogP contribution in [0.2, 0.25) is 0 Å². The van der Waals surface area contributed by atoms with E-state index < -0.39 is 0 Å². The monoisotopic (exact) mass is 477 g/mol. The van der Waals surface area contributed by atoms with E-state index in [0.717, 1.165) is 58.5 Å². The molecule has 0 aromatic rings. The van der Waals surface area contributed by atoms with Crippen molar-refractivity contribution in [1.82, 2.24) is 14.7 Å². The molecular formula is C27H54F3N3. The normalized spacial score (nSPS) is 27.8. The van der Waals surface area contributed by atoms with Crippen LogP contribution in [0.15, 0.2) is 0 Å². The largest absolute Gasteiger partial charge is 0.298 e. The van der Waals surface area contributed by atoms with Crippen molar-refractivity contribution in [2.45, 2.75) is 98.2 Å². The maximum absolute atomic E-state index is 12.2. The second-order valence-electron chi connectivity index (χ2n) is 13.3. The van der Waals surface area contributed by atoms with E-state index >= 15 is 0 Å². The number of rotatable bonds is 3. The van der Waals surface area contributed by atoms with E-state index in [1.54, 1.807) is 0 Å². The van der Waals surface area contributed by atoms with E-state index in [9.17, 15) is 13.2 Å². The predicted octanol–water partition coefficient (Wildman–Crippen LogP) is 6.23. The van der Waals surface area contributed by atoms with Crippen molar-refractivity contribution in [2.24, 2.45) is 17.8 Å². The van der Waals surface area contributed by atoms with Crippen LogP contribution in [0.1, 0.15) is 81.6 Å². The molecule has 3 atom stereocenters. The van der Waals surface area contributed by atoms with Gasteiger partial charge in [-0.05, 0) is 101 Å². The molecule has 3 heterocycles. The Bertz CT molecular complexity index is 460. The molecule has 1 unspecified atom stereocenters. The van der Waals surface area contributed by atoms with Crippen LogP contribution in [0.25, 0.3) is 0 Å². The van der Waals surface area contributed by atoms with Crippen molar-refractivity contribution >= 4 is 0 Å². The maximum Gasteiger partial charge on any atom is 0.0935 e. The number of hydrogen-bond donors (Lipinski definition) is 0. The Hall–Kier alpha value is -0.330. The zero-order valence-electron chi connectivity index (χ0n) is 23.2. The lowest BCUT2D eigenvalue weighted by atomic mass is 10.1. The lowest BCUT2D eigenvalue weighted by molar-refractivity contribution is 0.164. The molecule has 3 aliphatic rings. The molecule has 0 N–H and O–H groups in total. The molecule has 3 fully saturated rings. The highest BCUT2D eigenvalue weighted by molar-refractivity contribution is 4.86. The summed E-state index contributed by atoms with van der Waals surface area (Å²) in [5.74, 6) is 0.901. The van der Waals surface area contributed by atoms with Gasteiger partial charge in [0.1, 0.15) is 0 Å². The average molecular weight is 478 g/mol. The maximum atomic E-state index is 12.2. The molecule has 0 bridgehead atoms. The Morgan fingerprint density at radius 3 is 0.788 bits per heavy atom. The summed E-state index contributed by atoms with van der Waals surface area (Å²) in [6.45, 7) is 25.3. The predicted molar refractivity (Wildman–Crippen MR) is 136 cm³/mol. The van der Waals surface area contributed by atoms with Crippen LogP contribution in [0.5, 0.6) is 0 Å². The van der Waals surface area contributed by atoms with Gasteiger partial charge in [-0.3, -0.25) is 27.9 Å². The van der Waals surface area contributed by atoms with Crippen LogP contribution in [-0.4, -0.2) is 90.6 Å². The first-order valence-corrected chi connectivity index (χ1v) is 13.0. The van der Waals surface area contributed by atoms with Crippen LogP contribution >= 0.6 is 0 Å². The minimum Gasteiger partial charge on any atom is -0.298 e. The smallest absolute Gasteiger partial charge is 0.0935 e. The first kappa shape index (κ1) is 30.7. The van der Waals surface area contributed by atoms with Gasteiger partial charge in [-0.2, -0.15) is 0 Å². The molecule has 0 saturated carbocycles. The Kier molecular flexibility index (Phi) is 12.2. The van der Waals surface area contributed by atoms with Crippen LogP contribution < -0.4 is 0 Å². The van der Waals surface area contributed by atoms with Crippen molar-refractivity contribution in [2.75, 3.05) is 59.3 Å². The number of hydrogen-bond acceptors (Lipinski definition) is 3. The highest BCUT2D eigenvalue weighted by Gasteiger charge is 2.31. The molecule has 33 heavy (non-hydrogen) atoms. The number of alkyl halides is 3. The van der Waals surface area contributed by atoms with Gasteiger partial charge < -0.3 is 0 Å². The first-order chi connectivity index (χ1) is 15.1. The van der Waals surface area contributed by atoms with Crippen LogP contribution in [0, 0.1) is 17.8 Å². The molecule has 3 aliphatic heterocycles. The number of halogens is 3. The van der Waals surface area contributed by atoms with Crippen molar-refractivity contribution < 1.29 is 13.2 Å². The number of nitrogens with zero attached hydrogens (tertiary/aromatic N) is 3. The van der Waals surface area contributed by atoms with Gasteiger partial charge in [-0.15, -0.1) is 0 Å². The Balaban J connectivity index is 0.000000247. The lowest BCUT2D eigenvalue weighted by Crippen LogP contribution is -2.39. The van der Waals surface area contributed by atoms with Crippen molar-refractivity contribution in [3.63, 3.8) is 0 Å². The molecule has 0 aliphatic carbocycles. The van der Waals surface area contributed by atoms with Crippen LogP contribution in [-0.2, 0) is 0 Å². The fourth-order valence-electron chi connectivity index (χ4n) is 4.70. The fourth-order valence-corrected chi connectivity index (χ4v) is 4.70. The average Bonchev–Trinajstić information content (AvgIpc) is 3.47. The molecule has 0 aromatic carbocycles.